The Kier molecular flexibility index (Phi) is 9.31. The molecule has 0 atom stereocenters. The van der Waals surface area contributed by atoms with Crippen molar-refractivity contribution in [3.05, 3.63) is 246 Å². The van der Waals surface area contributed by atoms with Crippen molar-refractivity contribution in [1.82, 2.24) is 0 Å². The standard InChI is InChI=1S/C72H56O/c1-70(2)62-19-13-12-14-52(62)53-36-29-49(41-66(53)70)68-58-15-8-10-17-60(58)69(61-18-11-9-16-59(61)68)50-30-37-57-56-35-28-48(40-65(56)72(5,6)67(57)42-50)47-27-34-55-54-33-26-46(38-63(54)71(3,4)64(55)39-47)45-22-20-43(21-23-45)44-24-31-51(73-7)32-25-44/h8-42H,1-7H3. The summed E-state index contributed by atoms with van der Waals surface area (Å²) in [7, 11) is 1.71. The Balaban J connectivity index is 0.799. The van der Waals surface area contributed by atoms with Gasteiger partial charge in [0.2, 0.25) is 0 Å². The highest BCUT2D eigenvalue weighted by molar-refractivity contribution is 6.21. The van der Waals surface area contributed by atoms with Crippen LogP contribution in [0.15, 0.2) is 212 Å². The first kappa shape index (κ1) is 43.5. The van der Waals surface area contributed by atoms with Crippen molar-refractivity contribution in [2.45, 2.75) is 57.8 Å². The average Bonchev–Trinajstić information content (AvgIpc) is 3.90. The van der Waals surface area contributed by atoms with Crippen LogP contribution in [0.2, 0.25) is 0 Å². The molecule has 73 heavy (non-hydrogen) atoms. The van der Waals surface area contributed by atoms with E-state index in [1.54, 1.807) is 7.11 Å². The second kappa shape index (κ2) is 15.6. The Bertz CT molecular complexity index is 4070. The molecule has 3 aliphatic rings. The van der Waals surface area contributed by atoms with Crippen molar-refractivity contribution in [3.8, 4) is 94.8 Å². The number of ether oxygens (including phenoxy) is 1. The molecular weight excluding hydrogens is 881 g/mol. The SMILES string of the molecule is COc1ccc(-c2ccc(-c3ccc4c(c3)C(C)(C)c3cc(-c5ccc6c(c5)C(C)(C)c5cc(-c7c8ccccc8c(-c8ccc9c(c8)C(C)(C)c8ccccc8-9)c8ccccc78)ccc5-6)ccc3-4)cc2)cc1. The van der Waals surface area contributed by atoms with E-state index in [2.05, 4.69) is 242 Å². The largest absolute Gasteiger partial charge is 0.497 e. The summed E-state index contributed by atoms with van der Waals surface area (Å²) in [6.07, 6.45) is 0. The molecule has 1 nitrogen and oxygen atoms in total. The van der Waals surface area contributed by atoms with Gasteiger partial charge in [-0.15, -0.1) is 0 Å². The number of hydrogen-bond donors (Lipinski definition) is 0. The minimum Gasteiger partial charge on any atom is -0.497 e. The van der Waals surface area contributed by atoms with Crippen LogP contribution in [0, 0.1) is 0 Å². The fourth-order valence-electron chi connectivity index (χ4n) is 13.4. The number of rotatable bonds is 6. The third-order valence-electron chi connectivity index (χ3n) is 17.4. The number of fused-ring (bicyclic) bond motifs is 11. The molecule has 14 rings (SSSR count). The molecule has 350 valence electrons. The molecule has 0 aliphatic heterocycles. The summed E-state index contributed by atoms with van der Waals surface area (Å²) < 4.78 is 5.38. The maximum absolute atomic E-state index is 5.38. The highest BCUT2D eigenvalue weighted by atomic mass is 16.5. The molecule has 0 amide bonds. The number of benzene rings is 11. The second-order valence-electron chi connectivity index (χ2n) is 22.4. The number of hydrogen-bond acceptors (Lipinski definition) is 1. The van der Waals surface area contributed by atoms with Gasteiger partial charge in [0.05, 0.1) is 7.11 Å². The van der Waals surface area contributed by atoms with Crippen molar-refractivity contribution >= 4 is 21.5 Å². The summed E-state index contributed by atoms with van der Waals surface area (Å²) in [6.45, 7) is 14.4. The molecule has 0 saturated heterocycles. The topological polar surface area (TPSA) is 9.23 Å². The maximum atomic E-state index is 5.38. The normalized spacial score (nSPS) is 14.8. The molecule has 3 aliphatic carbocycles. The van der Waals surface area contributed by atoms with E-state index in [1.165, 1.54) is 144 Å². The van der Waals surface area contributed by atoms with Gasteiger partial charge in [0.1, 0.15) is 5.75 Å². The monoisotopic (exact) mass is 936 g/mol. The van der Waals surface area contributed by atoms with Crippen molar-refractivity contribution in [2.24, 2.45) is 0 Å². The van der Waals surface area contributed by atoms with Crippen LogP contribution < -0.4 is 4.74 Å². The van der Waals surface area contributed by atoms with Gasteiger partial charge in [-0.3, -0.25) is 0 Å². The van der Waals surface area contributed by atoms with Crippen molar-refractivity contribution < 1.29 is 4.74 Å². The Labute approximate surface area is 429 Å². The van der Waals surface area contributed by atoms with Crippen molar-refractivity contribution in [1.29, 1.82) is 0 Å². The van der Waals surface area contributed by atoms with Gasteiger partial charge < -0.3 is 4.74 Å². The van der Waals surface area contributed by atoms with Gasteiger partial charge in [-0.05, 0) is 186 Å². The predicted octanol–water partition coefficient (Wildman–Crippen LogP) is 19.3. The lowest BCUT2D eigenvalue weighted by Crippen LogP contribution is -2.15. The molecule has 1 heteroatoms. The smallest absolute Gasteiger partial charge is 0.118 e. The third kappa shape index (κ3) is 6.34. The zero-order valence-corrected chi connectivity index (χ0v) is 42.6. The van der Waals surface area contributed by atoms with Crippen LogP contribution in [0.1, 0.15) is 74.9 Å². The Morgan fingerprint density at radius 1 is 0.247 bits per heavy atom. The van der Waals surface area contributed by atoms with Gasteiger partial charge in [0, 0.05) is 16.2 Å². The van der Waals surface area contributed by atoms with Crippen LogP contribution in [0.4, 0.5) is 0 Å². The van der Waals surface area contributed by atoms with Crippen LogP contribution >= 0.6 is 0 Å². The Hall–Kier alpha value is -8.26. The maximum Gasteiger partial charge on any atom is 0.118 e. The van der Waals surface area contributed by atoms with Gasteiger partial charge in [-0.2, -0.15) is 0 Å². The van der Waals surface area contributed by atoms with E-state index in [9.17, 15) is 0 Å². The van der Waals surface area contributed by atoms with E-state index < -0.39 is 0 Å². The quantitative estimate of drug-likeness (QED) is 0.151. The van der Waals surface area contributed by atoms with E-state index in [1.807, 2.05) is 12.1 Å². The van der Waals surface area contributed by atoms with Crippen molar-refractivity contribution in [2.75, 3.05) is 7.11 Å². The molecule has 0 unspecified atom stereocenters. The molecule has 11 aromatic carbocycles. The van der Waals surface area contributed by atoms with E-state index in [0.29, 0.717) is 0 Å². The molecule has 0 radical (unpaired) electrons. The van der Waals surface area contributed by atoms with Crippen molar-refractivity contribution in [3.63, 3.8) is 0 Å². The second-order valence-corrected chi connectivity index (χ2v) is 22.4. The lowest BCUT2D eigenvalue weighted by Gasteiger charge is -2.24. The first-order valence-corrected chi connectivity index (χ1v) is 25.9. The molecule has 0 saturated carbocycles. The summed E-state index contributed by atoms with van der Waals surface area (Å²) in [6, 6.07) is 80.3. The summed E-state index contributed by atoms with van der Waals surface area (Å²) in [5.41, 5.74) is 28.5. The van der Waals surface area contributed by atoms with Gasteiger partial charge in [-0.25, -0.2) is 0 Å². The van der Waals surface area contributed by atoms with Crippen LogP contribution in [0.25, 0.3) is 111 Å². The van der Waals surface area contributed by atoms with Crippen LogP contribution in [-0.2, 0) is 16.2 Å². The average molecular weight is 937 g/mol. The number of methoxy groups -OCH3 is 1. The molecule has 0 spiro atoms. The first-order valence-electron chi connectivity index (χ1n) is 25.9. The van der Waals surface area contributed by atoms with Gasteiger partial charge >= 0.3 is 0 Å². The van der Waals surface area contributed by atoms with E-state index in [0.717, 1.165) is 5.75 Å². The minimum atomic E-state index is -0.202. The van der Waals surface area contributed by atoms with E-state index >= 15 is 0 Å². The third-order valence-corrected chi connectivity index (χ3v) is 17.4. The van der Waals surface area contributed by atoms with Crippen LogP contribution in [-0.4, -0.2) is 7.11 Å². The molecule has 0 heterocycles. The van der Waals surface area contributed by atoms with Gasteiger partial charge in [0.25, 0.3) is 0 Å². The Morgan fingerprint density at radius 3 is 0.890 bits per heavy atom. The lowest BCUT2D eigenvalue weighted by atomic mass is 9.79. The summed E-state index contributed by atoms with van der Waals surface area (Å²) in [5, 5.41) is 5.14. The van der Waals surface area contributed by atoms with Gasteiger partial charge in [-0.1, -0.05) is 211 Å². The molecule has 0 aromatic heterocycles. The minimum absolute atomic E-state index is 0.0754. The predicted molar refractivity (Wildman–Crippen MR) is 308 cm³/mol. The Morgan fingerprint density at radius 2 is 0.507 bits per heavy atom. The molecule has 0 bridgehead atoms. The highest BCUT2D eigenvalue weighted by Crippen LogP contribution is 2.55. The molecular formula is C72H56O. The fraction of sp³-hybridized carbons (Fsp3) is 0.139. The van der Waals surface area contributed by atoms with E-state index in [-0.39, 0.29) is 16.2 Å². The van der Waals surface area contributed by atoms with Crippen LogP contribution in [0.5, 0.6) is 5.75 Å². The molecule has 11 aromatic rings. The van der Waals surface area contributed by atoms with Crippen LogP contribution in [0.3, 0.4) is 0 Å². The summed E-state index contributed by atoms with van der Waals surface area (Å²) >= 11 is 0. The lowest BCUT2D eigenvalue weighted by molar-refractivity contribution is 0.415. The highest BCUT2D eigenvalue weighted by Gasteiger charge is 2.39. The summed E-state index contributed by atoms with van der Waals surface area (Å²) in [4.78, 5) is 0. The van der Waals surface area contributed by atoms with Gasteiger partial charge in [0.15, 0.2) is 0 Å². The molecule has 0 fully saturated rings. The zero-order valence-electron chi connectivity index (χ0n) is 42.6. The zero-order chi connectivity index (χ0) is 49.5. The summed E-state index contributed by atoms with van der Waals surface area (Å²) in [5.74, 6) is 0.870. The van der Waals surface area contributed by atoms with E-state index in [4.69, 9.17) is 4.74 Å². The molecule has 0 N–H and O–H groups in total. The fourth-order valence-corrected chi connectivity index (χ4v) is 13.4. The first-order chi connectivity index (χ1) is 35.4.